The van der Waals surface area contributed by atoms with E-state index >= 15 is 0 Å². The van der Waals surface area contributed by atoms with E-state index in [1.54, 1.807) is 0 Å². The Labute approximate surface area is 80.5 Å². The first kappa shape index (κ1) is 9.86. The standard InChI is InChI=1S/C9H7N3O2/c10-6-2-1-4-8-9(12(13)14)5-3-7-11-8/h1,3-5,7H,2H2. The minimum absolute atomic E-state index is 0.0540. The summed E-state index contributed by atoms with van der Waals surface area (Å²) in [6, 6.07) is 4.78. The quantitative estimate of drug-likeness (QED) is 0.537. The lowest BCUT2D eigenvalue weighted by molar-refractivity contribution is -0.385. The monoisotopic (exact) mass is 189 g/mol. The van der Waals surface area contributed by atoms with Crippen molar-refractivity contribution in [2.45, 2.75) is 6.42 Å². The van der Waals surface area contributed by atoms with Crippen LogP contribution in [-0.2, 0) is 0 Å². The van der Waals surface area contributed by atoms with Gasteiger partial charge < -0.3 is 0 Å². The zero-order valence-corrected chi connectivity index (χ0v) is 7.25. The van der Waals surface area contributed by atoms with Gasteiger partial charge in [0.1, 0.15) is 5.69 Å². The first-order valence-electron chi connectivity index (χ1n) is 3.88. The van der Waals surface area contributed by atoms with Gasteiger partial charge in [-0.2, -0.15) is 5.26 Å². The molecule has 70 valence electrons. The highest BCUT2D eigenvalue weighted by atomic mass is 16.6. The molecule has 0 amide bonds. The van der Waals surface area contributed by atoms with Crippen LogP contribution in [0, 0.1) is 21.4 Å². The molecule has 1 aromatic rings. The number of hydrogen-bond donors (Lipinski definition) is 0. The smallest absolute Gasteiger partial charge is 0.258 e. The fraction of sp³-hybridized carbons (Fsp3) is 0.111. The Morgan fingerprint density at radius 2 is 2.50 bits per heavy atom. The molecule has 0 fully saturated rings. The third-order valence-electron chi connectivity index (χ3n) is 1.50. The van der Waals surface area contributed by atoms with Crippen molar-refractivity contribution in [2.75, 3.05) is 0 Å². The van der Waals surface area contributed by atoms with Gasteiger partial charge in [-0.1, -0.05) is 6.08 Å². The molecule has 14 heavy (non-hydrogen) atoms. The lowest BCUT2D eigenvalue weighted by atomic mass is 10.2. The normalized spacial score (nSPS) is 9.93. The van der Waals surface area contributed by atoms with Crippen molar-refractivity contribution in [2.24, 2.45) is 0 Å². The van der Waals surface area contributed by atoms with E-state index in [1.807, 2.05) is 6.07 Å². The molecule has 0 aromatic carbocycles. The Morgan fingerprint density at radius 3 is 3.14 bits per heavy atom. The van der Waals surface area contributed by atoms with Crippen LogP contribution in [0.4, 0.5) is 5.69 Å². The molecular formula is C9H7N3O2. The summed E-state index contributed by atoms with van der Waals surface area (Å²) in [6.45, 7) is 0. The highest BCUT2D eigenvalue weighted by Gasteiger charge is 2.10. The second-order valence-electron chi connectivity index (χ2n) is 2.43. The van der Waals surface area contributed by atoms with Crippen molar-refractivity contribution >= 4 is 11.8 Å². The molecule has 0 spiro atoms. The van der Waals surface area contributed by atoms with Gasteiger partial charge in [0.05, 0.1) is 17.4 Å². The zero-order chi connectivity index (χ0) is 10.4. The molecule has 1 aromatic heterocycles. The van der Waals surface area contributed by atoms with E-state index < -0.39 is 4.92 Å². The molecule has 0 N–H and O–H groups in total. The van der Waals surface area contributed by atoms with Crippen molar-refractivity contribution < 1.29 is 4.92 Å². The van der Waals surface area contributed by atoms with E-state index in [-0.39, 0.29) is 17.8 Å². The summed E-state index contributed by atoms with van der Waals surface area (Å²) in [4.78, 5) is 13.9. The van der Waals surface area contributed by atoms with Crippen LogP contribution in [0.15, 0.2) is 24.4 Å². The van der Waals surface area contributed by atoms with Crippen LogP contribution in [0.1, 0.15) is 12.1 Å². The molecule has 0 saturated heterocycles. The second-order valence-corrected chi connectivity index (χ2v) is 2.43. The number of allylic oxidation sites excluding steroid dienone is 1. The third kappa shape index (κ3) is 2.38. The van der Waals surface area contributed by atoms with Crippen LogP contribution in [-0.4, -0.2) is 9.91 Å². The summed E-state index contributed by atoms with van der Waals surface area (Å²) < 4.78 is 0. The summed E-state index contributed by atoms with van der Waals surface area (Å²) >= 11 is 0. The number of hydrogen-bond acceptors (Lipinski definition) is 4. The van der Waals surface area contributed by atoms with Crippen molar-refractivity contribution in [3.05, 3.63) is 40.2 Å². The highest BCUT2D eigenvalue weighted by Crippen LogP contribution is 2.16. The predicted molar refractivity (Wildman–Crippen MR) is 50.2 cm³/mol. The summed E-state index contributed by atoms with van der Waals surface area (Å²) in [6.07, 6.45) is 4.70. The molecule has 0 aliphatic rings. The van der Waals surface area contributed by atoms with E-state index in [0.29, 0.717) is 0 Å². The zero-order valence-electron chi connectivity index (χ0n) is 7.25. The summed E-state index contributed by atoms with van der Waals surface area (Å²) in [5.41, 5.74) is 0.217. The molecule has 5 heteroatoms. The van der Waals surface area contributed by atoms with E-state index in [0.717, 1.165) is 0 Å². The van der Waals surface area contributed by atoms with Gasteiger partial charge >= 0.3 is 0 Å². The lowest BCUT2D eigenvalue weighted by Crippen LogP contribution is -1.92. The minimum atomic E-state index is -0.501. The van der Waals surface area contributed by atoms with Crippen molar-refractivity contribution in [1.29, 1.82) is 5.26 Å². The summed E-state index contributed by atoms with van der Waals surface area (Å²) in [7, 11) is 0. The van der Waals surface area contributed by atoms with Crippen LogP contribution in [0.5, 0.6) is 0 Å². The first-order valence-corrected chi connectivity index (χ1v) is 3.88. The Kier molecular flexibility index (Phi) is 3.33. The first-order chi connectivity index (χ1) is 6.75. The van der Waals surface area contributed by atoms with Gasteiger partial charge in [-0.15, -0.1) is 0 Å². The number of pyridine rings is 1. The third-order valence-corrected chi connectivity index (χ3v) is 1.50. The van der Waals surface area contributed by atoms with Gasteiger partial charge in [-0.3, -0.25) is 10.1 Å². The molecule has 5 nitrogen and oxygen atoms in total. The van der Waals surface area contributed by atoms with Crippen LogP contribution in [0.25, 0.3) is 6.08 Å². The van der Waals surface area contributed by atoms with Crippen LogP contribution >= 0.6 is 0 Å². The number of rotatable bonds is 3. The summed E-state index contributed by atoms with van der Waals surface area (Å²) in [5, 5.41) is 18.8. The summed E-state index contributed by atoms with van der Waals surface area (Å²) in [5.74, 6) is 0. The minimum Gasteiger partial charge on any atom is -0.258 e. The van der Waals surface area contributed by atoms with Gasteiger partial charge in [0.25, 0.3) is 5.69 Å². The van der Waals surface area contributed by atoms with Gasteiger partial charge in [0.15, 0.2) is 0 Å². The Hall–Kier alpha value is -2.22. The lowest BCUT2D eigenvalue weighted by Gasteiger charge is -1.94. The fourth-order valence-electron chi connectivity index (χ4n) is 0.915. The average Bonchev–Trinajstić information content (AvgIpc) is 2.19. The average molecular weight is 189 g/mol. The highest BCUT2D eigenvalue weighted by molar-refractivity contribution is 5.56. The molecular weight excluding hydrogens is 182 g/mol. The topological polar surface area (TPSA) is 79.8 Å². The molecule has 0 aliphatic carbocycles. The van der Waals surface area contributed by atoms with E-state index in [1.165, 1.54) is 30.5 Å². The van der Waals surface area contributed by atoms with Crippen molar-refractivity contribution in [3.63, 3.8) is 0 Å². The maximum Gasteiger partial charge on any atom is 0.294 e. The van der Waals surface area contributed by atoms with Crippen LogP contribution in [0.3, 0.4) is 0 Å². The van der Waals surface area contributed by atoms with Crippen LogP contribution < -0.4 is 0 Å². The number of nitriles is 1. The van der Waals surface area contributed by atoms with Crippen molar-refractivity contribution in [1.82, 2.24) is 4.98 Å². The van der Waals surface area contributed by atoms with E-state index in [9.17, 15) is 10.1 Å². The van der Waals surface area contributed by atoms with Gasteiger partial charge in [-0.05, 0) is 12.1 Å². The number of nitro groups is 1. The molecule has 0 saturated carbocycles. The molecule has 1 rings (SSSR count). The van der Waals surface area contributed by atoms with Gasteiger partial charge in [0.2, 0.25) is 0 Å². The molecule has 0 unspecified atom stereocenters. The van der Waals surface area contributed by atoms with E-state index in [2.05, 4.69) is 4.98 Å². The number of aromatic nitrogens is 1. The maximum atomic E-state index is 10.5. The predicted octanol–water partition coefficient (Wildman–Crippen LogP) is 1.92. The fourth-order valence-corrected chi connectivity index (χ4v) is 0.915. The van der Waals surface area contributed by atoms with Crippen molar-refractivity contribution in [3.8, 4) is 6.07 Å². The molecule has 0 atom stereocenters. The van der Waals surface area contributed by atoms with Gasteiger partial charge in [0, 0.05) is 12.3 Å². The van der Waals surface area contributed by atoms with Gasteiger partial charge in [-0.25, -0.2) is 4.98 Å². The largest absolute Gasteiger partial charge is 0.294 e. The Bertz CT molecular complexity index is 407. The molecule has 0 radical (unpaired) electrons. The molecule has 0 bridgehead atoms. The molecule has 0 aliphatic heterocycles. The Balaban J connectivity index is 2.97. The second kappa shape index (κ2) is 4.72. The number of nitrogens with zero attached hydrogens (tertiary/aromatic N) is 3. The molecule has 1 heterocycles. The van der Waals surface area contributed by atoms with Crippen LogP contribution in [0.2, 0.25) is 0 Å². The maximum absolute atomic E-state index is 10.5. The van der Waals surface area contributed by atoms with E-state index in [4.69, 9.17) is 5.26 Å². The Morgan fingerprint density at radius 1 is 1.71 bits per heavy atom. The SMILES string of the molecule is N#CCC=Cc1ncccc1[N+](=O)[O-].